The van der Waals surface area contributed by atoms with Crippen molar-refractivity contribution < 1.29 is 54.9 Å². The number of carbonyl (C=O) groups is 2. The van der Waals surface area contributed by atoms with Gasteiger partial charge in [0.25, 0.3) is 6.10 Å². The first-order valence-electron chi connectivity index (χ1n) is 9.41. The molecule has 0 saturated heterocycles. The van der Waals surface area contributed by atoms with Gasteiger partial charge in [0, 0.05) is 20.3 Å². The molecule has 0 aliphatic heterocycles. The number of halogens is 6. The number of ether oxygens (including phenoxy) is 4. The summed E-state index contributed by atoms with van der Waals surface area (Å²) in [5, 5.41) is 0. The first-order chi connectivity index (χ1) is 13.8. The molecule has 12 heteroatoms. The standard InChI is InChI=1S/C18H28F6O6/c1-4-13(15(26)29-11-10-27-3)6-5-8-28-9-7-12(2)14(25)30-16(17(19,20)21)18(22,23)24/h12-13,16H,4-11H2,1-3H3. The van der Waals surface area contributed by atoms with Crippen molar-refractivity contribution in [1.82, 2.24) is 0 Å². The number of esters is 2. The molecule has 0 fully saturated rings. The minimum atomic E-state index is -5.75. The van der Waals surface area contributed by atoms with Crippen molar-refractivity contribution in [2.24, 2.45) is 11.8 Å². The topological polar surface area (TPSA) is 71.1 Å². The van der Waals surface area contributed by atoms with Crippen LogP contribution in [-0.2, 0) is 28.5 Å². The second-order valence-electron chi connectivity index (χ2n) is 6.61. The summed E-state index contributed by atoms with van der Waals surface area (Å²) in [5.74, 6) is -3.49. The summed E-state index contributed by atoms with van der Waals surface area (Å²) in [6, 6.07) is 0. The van der Waals surface area contributed by atoms with E-state index in [1.165, 1.54) is 7.11 Å². The third kappa shape index (κ3) is 11.6. The summed E-state index contributed by atoms with van der Waals surface area (Å²) >= 11 is 0. The van der Waals surface area contributed by atoms with Crippen molar-refractivity contribution in [3.8, 4) is 0 Å². The van der Waals surface area contributed by atoms with E-state index in [9.17, 15) is 35.9 Å². The second kappa shape index (κ2) is 13.7. The summed E-state index contributed by atoms with van der Waals surface area (Å²) in [5.41, 5.74) is 0. The van der Waals surface area contributed by atoms with Crippen molar-refractivity contribution in [3.05, 3.63) is 0 Å². The number of alkyl halides is 6. The van der Waals surface area contributed by atoms with Gasteiger partial charge in [-0.3, -0.25) is 9.59 Å². The Morgan fingerprint density at radius 2 is 1.47 bits per heavy atom. The zero-order valence-electron chi connectivity index (χ0n) is 17.1. The molecule has 0 aromatic rings. The molecule has 0 aliphatic carbocycles. The molecule has 0 radical (unpaired) electrons. The average molecular weight is 454 g/mol. The zero-order chi connectivity index (χ0) is 23.4. The molecule has 0 heterocycles. The molecule has 0 amide bonds. The molecule has 0 N–H and O–H groups in total. The molecule has 0 saturated carbocycles. The predicted molar refractivity (Wildman–Crippen MR) is 92.4 cm³/mol. The average Bonchev–Trinajstić information content (AvgIpc) is 2.63. The number of carbonyl (C=O) groups excluding carboxylic acids is 2. The van der Waals surface area contributed by atoms with E-state index in [1.54, 1.807) is 0 Å². The van der Waals surface area contributed by atoms with Crippen molar-refractivity contribution in [2.75, 3.05) is 33.5 Å². The Morgan fingerprint density at radius 3 is 1.97 bits per heavy atom. The molecule has 0 rings (SSSR count). The van der Waals surface area contributed by atoms with Gasteiger partial charge in [-0.2, -0.15) is 26.3 Å². The van der Waals surface area contributed by atoms with E-state index in [0.29, 0.717) is 25.9 Å². The van der Waals surface area contributed by atoms with Crippen LogP contribution in [0.15, 0.2) is 0 Å². The Balaban J connectivity index is 4.20. The molecule has 0 spiro atoms. The Morgan fingerprint density at radius 1 is 0.867 bits per heavy atom. The second-order valence-corrected chi connectivity index (χ2v) is 6.61. The summed E-state index contributed by atoms with van der Waals surface area (Å²) in [6.45, 7) is 3.56. The molecule has 0 aliphatic rings. The van der Waals surface area contributed by atoms with Crippen LogP contribution in [-0.4, -0.2) is 63.9 Å². The van der Waals surface area contributed by atoms with E-state index in [2.05, 4.69) is 4.74 Å². The lowest BCUT2D eigenvalue weighted by molar-refractivity contribution is -0.314. The lowest BCUT2D eigenvalue weighted by Gasteiger charge is -2.24. The van der Waals surface area contributed by atoms with Crippen LogP contribution in [0.4, 0.5) is 26.3 Å². The van der Waals surface area contributed by atoms with E-state index in [0.717, 1.165) is 6.92 Å². The normalized spacial score (nSPS) is 14.5. The maximum absolute atomic E-state index is 12.4. The molecule has 178 valence electrons. The largest absolute Gasteiger partial charge is 0.463 e. The number of rotatable bonds is 14. The third-order valence-corrected chi connectivity index (χ3v) is 4.13. The van der Waals surface area contributed by atoms with Crippen LogP contribution in [0.2, 0.25) is 0 Å². The van der Waals surface area contributed by atoms with Crippen LogP contribution in [0.5, 0.6) is 0 Å². The van der Waals surface area contributed by atoms with Gasteiger partial charge in [0.2, 0.25) is 0 Å². The molecule has 2 unspecified atom stereocenters. The summed E-state index contributed by atoms with van der Waals surface area (Å²) < 4.78 is 93.1. The minimum absolute atomic E-state index is 0.0615. The molecule has 0 aromatic carbocycles. The summed E-state index contributed by atoms with van der Waals surface area (Å²) in [4.78, 5) is 23.4. The molecule has 30 heavy (non-hydrogen) atoms. The van der Waals surface area contributed by atoms with Gasteiger partial charge in [-0.25, -0.2) is 0 Å². The number of hydrogen-bond acceptors (Lipinski definition) is 6. The van der Waals surface area contributed by atoms with Crippen molar-refractivity contribution in [3.63, 3.8) is 0 Å². The highest BCUT2D eigenvalue weighted by Gasteiger charge is 2.60. The van der Waals surface area contributed by atoms with Gasteiger partial charge in [0.15, 0.2) is 0 Å². The zero-order valence-corrected chi connectivity index (χ0v) is 17.1. The highest BCUT2D eigenvalue weighted by Crippen LogP contribution is 2.36. The van der Waals surface area contributed by atoms with Gasteiger partial charge in [-0.05, 0) is 25.7 Å². The fourth-order valence-electron chi connectivity index (χ4n) is 2.30. The smallest absolute Gasteiger partial charge is 0.434 e. The number of methoxy groups -OCH3 is 1. The lowest BCUT2D eigenvalue weighted by atomic mass is 10.0. The molecule has 2 atom stereocenters. The van der Waals surface area contributed by atoms with Crippen LogP contribution in [0, 0.1) is 11.8 Å². The molecule has 0 bridgehead atoms. The monoisotopic (exact) mass is 454 g/mol. The highest BCUT2D eigenvalue weighted by atomic mass is 19.4. The van der Waals surface area contributed by atoms with Gasteiger partial charge >= 0.3 is 24.3 Å². The van der Waals surface area contributed by atoms with E-state index >= 15 is 0 Å². The maximum atomic E-state index is 12.4. The van der Waals surface area contributed by atoms with Crippen LogP contribution >= 0.6 is 0 Å². The predicted octanol–water partition coefficient (Wildman–Crippen LogP) is 4.06. The summed E-state index contributed by atoms with van der Waals surface area (Å²) in [7, 11) is 1.48. The SMILES string of the molecule is CCC(CCCOCCC(C)C(=O)OC(C(F)(F)F)C(F)(F)F)C(=O)OCCOC. The van der Waals surface area contributed by atoms with Crippen LogP contribution < -0.4 is 0 Å². The number of hydrogen-bond donors (Lipinski definition) is 0. The van der Waals surface area contributed by atoms with Gasteiger partial charge in [0.05, 0.1) is 18.4 Å². The molecular formula is C18H28F6O6. The Kier molecular flexibility index (Phi) is 13.0. The van der Waals surface area contributed by atoms with Crippen molar-refractivity contribution >= 4 is 11.9 Å². The molecule has 6 nitrogen and oxygen atoms in total. The van der Waals surface area contributed by atoms with Gasteiger partial charge in [-0.15, -0.1) is 0 Å². The van der Waals surface area contributed by atoms with Gasteiger partial charge in [-0.1, -0.05) is 13.8 Å². The fraction of sp³-hybridized carbons (Fsp3) is 0.889. The quantitative estimate of drug-likeness (QED) is 0.224. The van der Waals surface area contributed by atoms with E-state index in [4.69, 9.17) is 14.2 Å². The van der Waals surface area contributed by atoms with Crippen LogP contribution in [0.3, 0.4) is 0 Å². The summed E-state index contributed by atoms with van der Waals surface area (Å²) in [6.07, 6.45) is -14.2. The maximum Gasteiger partial charge on any atom is 0.434 e. The highest BCUT2D eigenvalue weighted by molar-refractivity contribution is 5.72. The Hall–Kier alpha value is -1.56. The van der Waals surface area contributed by atoms with E-state index in [-0.39, 0.29) is 38.1 Å². The third-order valence-electron chi connectivity index (χ3n) is 4.13. The first kappa shape index (κ1) is 28.4. The van der Waals surface area contributed by atoms with E-state index < -0.39 is 30.3 Å². The first-order valence-corrected chi connectivity index (χ1v) is 9.41. The lowest BCUT2D eigenvalue weighted by Crippen LogP contribution is -2.46. The van der Waals surface area contributed by atoms with Crippen molar-refractivity contribution in [1.29, 1.82) is 0 Å². The fourth-order valence-corrected chi connectivity index (χ4v) is 2.30. The Labute approximate surface area is 171 Å². The van der Waals surface area contributed by atoms with Crippen LogP contribution in [0.25, 0.3) is 0 Å². The minimum Gasteiger partial charge on any atom is -0.463 e. The Bertz CT molecular complexity index is 494. The van der Waals surface area contributed by atoms with Gasteiger partial charge < -0.3 is 18.9 Å². The van der Waals surface area contributed by atoms with Gasteiger partial charge in [0.1, 0.15) is 6.61 Å². The van der Waals surface area contributed by atoms with Crippen molar-refractivity contribution in [2.45, 2.75) is 58.0 Å². The molecular weight excluding hydrogens is 426 g/mol. The molecule has 0 aromatic heterocycles. The van der Waals surface area contributed by atoms with E-state index in [1.807, 2.05) is 6.92 Å². The van der Waals surface area contributed by atoms with Crippen LogP contribution in [0.1, 0.15) is 39.5 Å².